The average molecular weight is 259 g/mol. The third-order valence-electron chi connectivity index (χ3n) is 3.43. The lowest BCUT2D eigenvalue weighted by molar-refractivity contribution is -0.133. The fraction of sp³-hybridized carbons (Fsp3) is 0.462. The maximum Gasteiger partial charge on any atom is 0.244 e. The van der Waals surface area contributed by atoms with Crippen molar-refractivity contribution >= 4 is 16.9 Å². The Bertz CT molecular complexity index is 593. The van der Waals surface area contributed by atoms with Gasteiger partial charge in [-0.25, -0.2) is 4.68 Å². The summed E-state index contributed by atoms with van der Waals surface area (Å²) in [7, 11) is 0. The lowest BCUT2D eigenvalue weighted by Gasteiger charge is -2.31. The highest BCUT2D eigenvalue weighted by atomic mass is 16.2. The van der Waals surface area contributed by atoms with Gasteiger partial charge < -0.3 is 10.2 Å². The smallest absolute Gasteiger partial charge is 0.244 e. The van der Waals surface area contributed by atoms with E-state index in [0.29, 0.717) is 6.04 Å². The Morgan fingerprint density at radius 2 is 2.32 bits per heavy atom. The molecule has 6 heteroatoms. The first kappa shape index (κ1) is 12.1. The summed E-state index contributed by atoms with van der Waals surface area (Å²) < 4.78 is 1.67. The second-order valence-corrected chi connectivity index (χ2v) is 4.93. The Kier molecular flexibility index (Phi) is 3.16. The number of piperazine rings is 1. The van der Waals surface area contributed by atoms with Gasteiger partial charge in [-0.2, -0.15) is 0 Å². The third kappa shape index (κ3) is 2.44. The number of hydrogen-bond donors (Lipinski definition) is 1. The van der Waals surface area contributed by atoms with Gasteiger partial charge in [-0.15, -0.1) is 5.10 Å². The number of para-hydroxylation sites is 1. The Balaban J connectivity index is 1.75. The van der Waals surface area contributed by atoms with Crippen molar-refractivity contribution in [3.05, 3.63) is 24.3 Å². The molecular weight excluding hydrogens is 242 g/mol. The van der Waals surface area contributed by atoms with Gasteiger partial charge in [0.2, 0.25) is 5.91 Å². The first-order chi connectivity index (χ1) is 9.24. The summed E-state index contributed by atoms with van der Waals surface area (Å²) in [4.78, 5) is 14.2. The van der Waals surface area contributed by atoms with Crippen molar-refractivity contribution in [2.24, 2.45) is 0 Å². The van der Waals surface area contributed by atoms with Crippen molar-refractivity contribution in [1.29, 1.82) is 0 Å². The van der Waals surface area contributed by atoms with E-state index in [9.17, 15) is 4.79 Å². The first-order valence-corrected chi connectivity index (χ1v) is 6.53. The highest BCUT2D eigenvalue weighted by Crippen LogP contribution is 2.10. The largest absolute Gasteiger partial charge is 0.338 e. The predicted octanol–water partition coefficient (Wildman–Crippen LogP) is 0.252. The Morgan fingerprint density at radius 3 is 3.16 bits per heavy atom. The van der Waals surface area contributed by atoms with E-state index in [1.165, 1.54) is 0 Å². The minimum absolute atomic E-state index is 0.101. The van der Waals surface area contributed by atoms with Crippen LogP contribution in [0.15, 0.2) is 24.3 Å². The standard InChI is InChI=1S/C13H17N5O/c1-10-8-17(7-6-14-10)13(19)9-18-12-5-3-2-4-11(12)15-16-18/h2-5,10,14H,6-9H2,1H3. The normalized spacial score (nSPS) is 19.8. The van der Waals surface area contributed by atoms with Gasteiger partial charge in [0.15, 0.2) is 0 Å². The molecule has 2 aromatic rings. The number of hydrogen-bond acceptors (Lipinski definition) is 4. The van der Waals surface area contributed by atoms with Crippen LogP contribution in [0.4, 0.5) is 0 Å². The Labute approximate surface area is 111 Å². The summed E-state index contributed by atoms with van der Waals surface area (Å²) in [6.45, 7) is 4.71. The van der Waals surface area contributed by atoms with Crippen LogP contribution in [0, 0.1) is 0 Å². The molecular formula is C13H17N5O. The molecule has 1 aliphatic heterocycles. The molecule has 1 aromatic heterocycles. The summed E-state index contributed by atoms with van der Waals surface area (Å²) in [5.41, 5.74) is 1.73. The number of carbonyl (C=O) groups is 1. The summed E-state index contributed by atoms with van der Waals surface area (Å²) in [6, 6.07) is 8.03. The van der Waals surface area contributed by atoms with Crippen molar-refractivity contribution < 1.29 is 4.79 Å². The molecule has 1 saturated heterocycles. The fourth-order valence-electron chi connectivity index (χ4n) is 2.42. The van der Waals surface area contributed by atoms with Gasteiger partial charge in [0.25, 0.3) is 0 Å². The zero-order valence-corrected chi connectivity index (χ0v) is 10.9. The minimum Gasteiger partial charge on any atom is -0.338 e. The number of amides is 1. The average Bonchev–Trinajstić information content (AvgIpc) is 2.82. The van der Waals surface area contributed by atoms with Crippen LogP contribution in [0.1, 0.15) is 6.92 Å². The van der Waals surface area contributed by atoms with Gasteiger partial charge in [-0.3, -0.25) is 4.79 Å². The van der Waals surface area contributed by atoms with Crippen LogP contribution in [-0.2, 0) is 11.3 Å². The SMILES string of the molecule is CC1CN(C(=O)Cn2nnc3ccccc32)CCN1. The van der Waals surface area contributed by atoms with E-state index in [2.05, 4.69) is 22.6 Å². The molecule has 2 heterocycles. The lowest BCUT2D eigenvalue weighted by Crippen LogP contribution is -2.52. The lowest BCUT2D eigenvalue weighted by atomic mass is 10.2. The van der Waals surface area contributed by atoms with Gasteiger partial charge in [0.05, 0.1) is 5.52 Å². The van der Waals surface area contributed by atoms with Crippen LogP contribution in [-0.4, -0.2) is 51.5 Å². The minimum atomic E-state index is 0.101. The van der Waals surface area contributed by atoms with E-state index >= 15 is 0 Å². The summed E-state index contributed by atoms with van der Waals surface area (Å²) in [5, 5.41) is 11.4. The zero-order valence-electron chi connectivity index (χ0n) is 10.9. The van der Waals surface area contributed by atoms with E-state index in [0.717, 1.165) is 30.7 Å². The monoisotopic (exact) mass is 259 g/mol. The molecule has 1 unspecified atom stereocenters. The molecule has 1 N–H and O–H groups in total. The summed E-state index contributed by atoms with van der Waals surface area (Å²) in [5.74, 6) is 0.101. The van der Waals surface area contributed by atoms with Crippen molar-refractivity contribution in [3.8, 4) is 0 Å². The molecule has 0 spiro atoms. The topological polar surface area (TPSA) is 63.1 Å². The molecule has 1 aliphatic rings. The molecule has 1 atom stereocenters. The maximum absolute atomic E-state index is 12.3. The predicted molar refractivity (Wildman–Crippen MR) is 71.6 cm³/mol. The molecule has 100 valence electrons. The van der Waals surface area contributed by atoms with Crippen LogP contribution in [0.5, 0.6) is 0 Å². The quantitative estimate of drug-likeness (QED) is 0.840. The summed E-state index contributed by atoms with van der Waals surface area (Å²) >= 11 is 0. The second kappa shape index (κ2) is 4.97. The highest BCUT2D eigenvalue weighted by Gasteiger charge is 2.21. The molecule has 19 heavy (non-hydrogen) atoms. The molecule has 0 radical (unpaired) electrons. The number of benzene rings is 1. The number of fused-ring (bicyclic) bond motifs is 1. The number of carbonyl (C=O) groups excluding carboxylic acids is 1. The van der Waals surface area contributed by atoms with Crippen LogP contribution >= 0.6 is 0 Å². The molecule has 0 saturated carbocycles. The number of rotatable bonds is 2. The Hall–Kier alpha value is -1.95. The Morgan fingerprint density at radius 1 is 1.47 bits per heavy atom. The van der Waals surface area contributed by atoms with Crippen molar-refractivity contribution in [1.82, 2.24) is 25.2 Å². The number of aromatic nitrogens is 3. The van der Waals surface area contributed by atoms with Crippen LogP contribution < -0.4 is 5.32 Å². The molecule has 0 aliphatic carbocycles. The number of nitrogens with zero attached hydrogens (tertiary/aromatic N) is 4. The molecule has 6 nitrogen and oxygen atoms in total. The third-order valence-corrected chi connectivity index (χ3v) is 3.43. The molecule has 1 fully saturated rings. The van der Waals surface area contributed by atoms with Gasteiger partial charge >= 0.3 is 0 Å². The molecule has 0 bridgehead atoms. The van der Waals surface area contributed by atoms with Gasteiger partial charge in [0.1, 0.15) is 12.1 Å². The molecule has 1 aromatic carbocycles. The molecule has 1 amide bonds. The summed E-state index contributed by atoms with van der Waals surface area (Å²) in [6.07, 6.45) is 0. The van der Waals surface area contributed by atoms with E-state index in [-0.39, 0.29) is 12.5 Å². The van der Waals surface area contributed by atoms with E-state index in [1.54, 1.807) is 4.68 Å². The number of nitrogens with one attached hydrogen (secondary N) is 1. The van der Waals surface area contributed by atoms with Gasteiger partial charge in [-0.1, -0.05) is 17.3 Å². The van der Waals surface area contributed by atoms with Gasteiger partial charge in [-0.05, 0) is 19.1 Å². The van der Waals surface area contributed by atoms with Gasteiger partial charge in [0, 0.05) is 25.7 Å². The van der Waals surface area contributed by atoms with Crippen molar-refractivity contribution in [2.75, 3.05) is 19.6 Å². The maximum atomic E-state index is 12.3. The van der Waals surface area contributed by atoms with E-state index < -0.39 is 0 Å². The first-order valence-electron chi connectivity index (χ1n) is 6.53. The fourth-order valence-corrected chi connectivity index (χ4v) is 2.42. The van der Waals surface area contributed by atoms with Crippen LogP contribution in [0.3, 0.4) is 0 Å². The van der Waals surface area contributed by atoms with Crippen molar-refractivity contribution in [3.63, 3.8) is 0 Å². The highest BCUT2D eigenvalue weighted by molar-refractivity contribution is 5.79. The van der Waals surface area contributed by atoms with E-state index in [4.69, 9.17) is 0 Å². The zero-order chi connectivity index (χ0) is 13.2. The van der Waals surface area contributed by atoms with E-state index in [1.807, 2.05) is 29.2 Å². The van der Waals surface area contributed by atoms with Crippen LogP contribution in [0.25, 0.3) is 11.0 Å². The van der Waals surface area contributed by atoms with Crippen molar-refractivity contribution in [2.45, 2.75) is 19.5 Å². The second-order valence-electron chi connectivity index (χ2n) is 4.93. The van der Waals surface area contributed by atoms with Crippen LogP contribution in [0.2, 0.25) is 0 Å². The molecule has 3 rings (SSSR count).